The van der Waals surface area contributed by atoms with Gasteiger partial charge in [-0.2, -0.15) is 0 Å². The van der Waals surface area contributed by atoms with Crippen LogP contribution in [0.2, 0.25) is 0 Å². The zero-order valence-electron chi connectivity index (χ0n) is 13.1. The van der Waals surface area contributed by atoms with Crippen LogP contribution in [0, 0.1) is 0 Å². The van der Waals surface area contributed by atoms with Gasteiger partial charge in [0.1, 0.15) is 0 Å². The van der Waals surface area contributed by atoms with Gasteiger partial charge in [-0.3, -0.25) is 14.7 Å². The van der Waals surface area contributed by atoms with Crippen LogP contribution in [-0.2, 0) is 16.1 Å². The van der Waals surface area contributed by atoms with Crippen LogP contribution in [-0.4, -0.2) is 51.2 Å². The molecule has 0 spiro atoms. The summed E-state index contributed by atoms with van der Waals surface area (Å²) in [7, 11) is 0. The van der Waals surface area contributed by atoms with Crippen LogP contribution >= 0.6 is 11.8 Å². The number of hydrogen-bond acceptors (Lipinski definition) is 6. The summed E-state index contributed by atoms with van der Waals surface area (Å²) in [4.78, 5) is 34.9. The number of nitrogens with one attached hydrogen (secondary N) is 3. The molecule has 0 radical (unpaired) electrons. The number of hydrogen-bond donors (Lipinski definition) is 3. The lowest BCUT2D eigenvalue weighted by molar-refractivity contribution is -0.117. The van der Waals surface area contributed by atoms with Crippen molar-refractivity contribution in [2.45, 2.75) is 50.5 Å². The average Bonchev–Trinajstić information content (AvgIpc) is 3.08. The van der Waals surface area contributed by atoms with Crippen LogP contribution in [0.25, 0.3) is 0 Å². The van der Waals surface area contributed by atoms with Gasteiger partial charge in [-0.1, -0.05) is 11.8 Å². The molecule has 0 unspecified atom stereocenters. The maximum atomic E-state index is 11.8. The van der Waals surface area contributed by atoms with Crippen molar-refractivity contribution >= 4 is 23.7 Å². The fourth-order valence-corrected chi connectivity index (χ4v) is 2.91. The van der Waals surface area contributed by atoms with Crippen molar-refractivity contribution in [1.29, 1.82) is 0 Å². The van der Waals surface area contributed by atoms with Crippen LogP contribution < -0.4 is 16.3 Å². The largest absolute Gasteiger partial charge is 0.376 e. The molecular weight excluding hydrogens is 322 g/mol. The molecule has 1 aromatic rings. The standard InChI is InChI=1S/C13H21N5O4S/c1-8(2)14-11(20)15-10(19)7-23-13-17-16-12(21)18(13)6-9-4-3-5-22-9/h8-9H,3-7H2,1-2H3,(H,16,21)(H2,14,15,19,20)/t9-/m1/s1. The first kappa shape index (κ1) is 17.5. The van der Waals surface area contributed by atoms with Crippen molar-refractivity contribution in [3.05, 3.63) is 10.5 Å². The molecule has 1 atom stereocenters. The SMILES string of the molecule is CC(C)NC(=O)NC(=O)CSc1n[nH]c(=O)n1C[C@H]1CCCO1. The summed E-state index contributed by atoms with van der Waals surface area (Å²) in [5.74, 6) is -0.464. The number of ether oxygens (including phenoxy) is 1. The molecule has 3 amide bonds. The third kappa shape index (κ3) is 5.39. The first-order chi connectivity index (χ1) is 11.0. The number of rotatable bonds is 6. The Morgan fingerprint density at radius 3 is 2.96 bits per heavy atom. The number of nitrogens with zero attached hydrogens (tertiary/aromatic N) is 2. The van der Waals surface area contributed by atoms with E-state index in [2.05, 4.69) is 20.8 Å². The molecule has 10 heteroatoms. The Bertz CT molecular complexity index is 606. The summed E-state index contributed by atoms with van der Waals surface area (Å²) in [6.07, 6.45) is 1.88. The molecule has 0 aromatic carbocycles. The minimum Gasteiger partial charge on any atom is -0.376 e. The molecule has 3 N–H and O–H groups in total. The van der Waals surface area contributed by atoms with Crippen molar-refractivity contribution < 1.29 is 14.3 Å². The zero-order chi connectivity index (χ0) is 16.8. The van der Waals surface area contributed by atoms with Crippen molar-refractivity contribution in [3.8, 4) is 0 Å². The topological polar surface area (TPSA) is 118 Å². The number of imide groups is 1. The second kappa shape index (κ2) is 8.16. The Labute approximate surface area is 137 Å². The van der Waals surface area contributed by atoms with Gasteiger partial charge in [0.25, 0.3) is 0 Å². The maximum absolute atomic E-state index is 11.8. The number of thioether (sulfide) groups is 1. The van der Waals surface area contributed by atoms with E-state index in [1.807, 2.05) is 0 Å². The van der Waals surface area contributed by atoms with Gasteiger partial charge >= 0.3 is 11.7 Å². The maximum Gasteiger partial charge on any atom is 0.344 e. The fraction of sp³-hybridized carbons (Fsp3) is 0.692. The summed E-state index contributed by atoms with van der Waals surface area (Å²) in [6.45, 7) is 4.71. The predicted octanol–water partition coefficient (Wildman–Crippen LogP) is 0.0767. The highest BCUT2D eigenvalue weighted by molar-refractivity contribution is 7.99. The monoisotopic (exact) mass is 343 g/mol. The fourth-order valence-electron chi connectivity index (χ4n) is 2.16. The molecule has 23 heavy (non-hydrogen) atoms. The Hall–Kier alpha value is -1.81. The molecule has 0 saturated carbocycles. The number of carbonyl (C=O) groups excluding carboxylic acids is 2. The van der Waals surface area contributed by atoms with Crippen LogP contribution in [0.1, 0.15) is 26.7 Å². The number of carbonyl (C=O) groups is 2. The molecule has 1 aliphatic rings. The van der Waals surface area contributed by atoms with Gasteiger partial charge in [0.2, 0.25) is 5.91 Å². The van der Waals surface area contributed by atoms with E-state index in [-0.39, 0.29) is 23.6 Å². The summed E-state index contributed by atoms with van der Waals surface area (Å²) in [5.41, 5.74) is -0.332. The van der Waals surface area contributed by atoms with Gasteiger partial charge in [-0.05, 0) is 26.7 Å². The van der Waals surface area contributed by atoms with E-state index in [0.717, 1.165) is 24.6 Å². The summed E-state index contributed by atoms with van der Waals surface area (Å²) >= 11 is 1.09. The molecule has 9 nitrogen and oxygen atoms in total. The van der Waals surface area contributed by atoms with Crippen molar-refractivity contribution in [3.63, 3.8) is 0 Å². The van der Waals surface area contributed by atoms with Gasteiger partial charge in [0.05, 0.1) is 18.4 Å². The van der Waals surface area contributed by atoms with Gasteiger partial charge in [0.15, 0.2) is 5.16 Å². The quantitative estimate of drug-likeness (QED) is 0.630. The molecule has 2 rings (SSSR count). The summed E-state index contributed by atoms with van der Waals surface area (Å²) < 4.78 is 6.97. The Balaban J connectivity index is 1.86. The predicted molar refractivity (Wildman–Crippen MR) is 84.4 cm³/mol. The first-order valence-corrected chi connectivity index (χ1v) is 8.44. The van der Waals surface area contributed by atoms with E-state index < -0.39 is 11.9 Å². The highest BCUT2D eigenvalue weighted by Gasteiger charge is 2.20. The normalized spacial score (nSPS) is 17.4. The van der Waals surface area contributed by atoms with Crippen LogP contribution in [0.5, 0.6) is 0 Å². The molecule has 128 valence electrons. The summed E-state index contributed by atoms with van der Waals surface area (Å²) in [5, 5.41) is 11.5. The van der Waals surface area contributed by atoms with E-state index >= 15 is 0 Å². The number of amides is 3. The lowest BCUT2D eigenvalue weighted by Crippen LogP contribution is -2.43. The molecule has 0 bridgehead atoms. The number of urea groups is 1. The minimum absolute atomic E-state index is 0.00436. The number of aromatic amines is 1. The third-order valence-corrected chi connectivity index (χ3v) is 4.11. The van der Waals surface area contributed by atoms with E-state index in [9.17, 15) is 14.4 Å². The Morgan fingerprint density at radius 1 is 1.52 bits per heavy atom. The molecule has 1 saturated heterocycles. The highest BCUT2D eigenvalue weighted by Crippen LogP contribution is 2.17. The minimum atomic E-state index is -0.538. The molecule has 0 aliphatic carbocycles. The summed E-state index contributed by atoms with van der Waals surface area (Å²) in [6, 6.07) is -0.595. The lowest BCUT2D eigenvalue weighted by Gasteiger charge is -2.11. The van der Waals surface area contributed by atoms with Crippen molar-refractivity contribution in [2.75, 3.05) is 12.4 Å². The van der Waals surface area contributed by atoms with Crippen LogP contribution in [0.3, 0.4) is 0 Å². The van der Waals surface area contributed by atoms with E-state index in [1.54, 1.807) is 13.8 Å². The third-order valence-electron chi connectivity index (χ3n) is 3.14. The number of aromatic nitrogens is 3. The van der Waals surface area contributed by atoms with Gasteiger partial charge in [-0.25, -0.2) is 14.7 Å². The number of H-pyrrole nitrogens is 1. The van der Waals surface area contributed by atoms with E-state index in [1.165, 1.54) is 4.57 Å². The Kier molecular flexibility index (Phi) is 6.22. The molecule has 1 aromatic heterocycles. The molecular formula is C13H21N5O4S. The van der Waals surface area contributed by atoms with Gasteiger partial charge in [0, 0.05) is 12.6 Å². The van der Waals surface area contributed by atoms with Crippen LogP contribution in [0.15, 0.2) is 9.95 Å². The van der Waals surface area contributed by atoms with E-state index in [4.69, 9.17) is 4.74 Å². The lowest BCUT2D eigenvalue weighted by atomic mass is 10.2. The smallest absolute Gasteiger partial charge is 0.344 e. The average molecular weight is 343 g/mol. The second-order valence-corrected chi connectivity index (χ2v) is 6.46. The molecule has 1 fully saturated rings. The van der Waals surface area contributed by atoms with Crippen LogP contribution in [0.4, 0.5) is 4.79 Å². The van der Waals surface area contributed by atoms with E-state index in [0.29, 0.717) is 18.3 Å². The van der Waals surface area contributed by atoms with Crippen molar-refractivity contribution in [1.82, 2.24) is 25.4 Å². The zero-order valence-corrected chi connectivity index (χ0v) is 13.9. The van der Waals surface area contributed by atoms with Crippen molar-refractivity contribution in [2.24, 2.45) is 0 Å². The Morgan fingerprint density at radius 2 is 2.30 bits per heavy atom. The first-order valence-electron chi connectivity index (χ1n) is 7.45. The molecule has 1 aliphatic heterocycles. The second-order valence-electron chi connectivity index (χ2n) is 5.52. The highest BCUT2D eigenvalue weighted by atomic mass is 32.2. The van der Waals surface area contributed by atoms with Gasteiger partial charge < -0.3 is 10.1 Å². The van der Waals surface area contributed by atoms with Gasteiger partial charge in [-0.15, -0.1) is 5.10 Å². The molecule has 2 heterocycles.